The third-order valence-electron chi connectivity index (χ3n) is 29.2. The lowest BCUT2D eigenvalue weighted by atomic mass is 9.80. The van der Waals surface area contributed by atoms with Gasteiger partial charge in [-0.25, -0.2) is 0 Å². The van der Waals surface area contributed by atoms with Crippen molar-refractivity contribution >= 4 is 129 Å². The van der Waals surface area contributed by atoms with Gasteiger partial charge in [-0.05, 0) is 310 Å². The van der Waals surface area contributed by atoms with Gasteiger partial charge in [-0.2, -0.15) is 0 Å². The van der Waals surface area contributed by atoms with Crippen molar-refractivity contribution in [3.63, 3.8) is 0 Å². The average Bonchev–Trinajstić information content (AvgIpc) is 0.755. The van der Waals surface area contributed by atoms with Gasteiger partial charge >= 0.3 is 0 Å². The molecule has 0 heteroatoms. The van der Waals surface area contributed by atoms with Crippen LogP contribution in [0.1, 0.15) is 105 Å². The van der Waals surface area contributed by atoms with Crippen LogP contribution in [0.25, 0.3) is 229 Å². The highest BCUT2D eigenvalue weighted by Gasteiger charge is 2.28. The minimum atomic E-state index is 0.0511. The summed E-state index contributed by atoms with van der Waals surface area (Å²) in [5, 5.41) is 31.1. The average molecular weight is 1820 g/mol. The Bertz CT molecular complexity index is 9120. The van der Waals surface area contributed by atoms with Gasteiger partial charge in [-0.15, -0.1) is 0 Å². The van der Waals surface area contributed by atoms with Crippen LogP contribution in [0.5, 0.6) is 0 Å². The molecule has 0 nitrogen and oxygen atoms in total. The zero-order valence-corrected chi connectivity index (χ0v) is 83.2. The molecule has 0 unspecified atom stereocenters. The molecule has 0 atom stereocenters. The molecule has 684 valence electrons. The standard InChI is InChI=1S/C38H30.C36H30.2C34H28/c1-38(2,3)27-22-23-34-35(24-27)37(31-21-11-15-26-13-5-7-17-29(26)31)33-19-9-8-18-32(33)36(34)30-20-10-14-25-12-4-6-16-28(25)30;1-36(2,3)29-21-22-32-33(24-29)35(28-18-12-17-27(23-28)25-13-6-4-7-14-25)31-20-11-10-19-30(31)34(32)26-15-8-5-9-16-26;1-34(2,3)25-20-21-30-31(22-25)33(27-19-11-15-23-12-7-8-16-26(23)27)29-18-10-9-17-28(29)32(30)24-13-5-4-6-14-24;1-34(2,3)27-19-20-30-31(22-27)33(26-18-17-23-11-7-8-14-25(23)21-26)29-16-10-9-15-28(29)32(30)24-12-5-4-6-13-24/h4-24H,1-3H3;4-24H,1-3H3;2*4-22H,1-3H3. The highest BCUT2D eigenvalue weighted by Crippen LogP contribution is 2.53. The molecule has 0 aromatic heterocycles. The zero-order valence-electron chi connectivity index (χ0n) is 83.2. The largest absolute Gasteiger partial charge is 0.0622 e. The molecule has 25 rings (SSSR count). The molecular weight excluding hydrogens is 1710 g/mol. The van der Waals surface area contributed by atoms with E-state index < -0.39 is 0 Å². The molecule has 0 heterocycles. The minimum absolute atomic E-state index is 0.0511. The summed E-state index contributed by atoms with van der Waals surface area (Å²) in [5.41, 5.74) is 28.9. The third kappa shape index (κ3) is 17.2. The summed E-state index contributed by atoms with van der Waals surface area (Å²) in [4.78, 5) is 0. The number of hydrogen-bond acceptors (Lipinski definition) is 0. The van der Waals surface area contributed by atoms with Gasteiger partial charge in [0.2, 0.25) is 0 Å². The molecule has 25 aromatic rings. The molecule has 0 aliphatic rings. The number of benzene rings is 25. The van der Waals surface area contributed by atoms with Crippen molar-refractivity contribution in [1.82, 2.24) is 0 Å². The van der Waals surface area contributed by atoms with E-state index in [9.17, 15) is 0 Å². The summed E-state index contributed by atoms with van der Waals surface area (Å²) in [5.74, 6) is 0. The predicted octanol–water partition coefficient (Wildman–Crippen LogP) is 40.8. The van der Waals surface area contributed by atoms with Gasteiger partial charge in [0.15, 0.2) is 0 Å². The Kier molecular flexibility index (Phi) is 23.9. The molecule has 142 heavy (non-hydrogen) atoms. The van der Waals surface area contributed by atoms with E-state index in [-0.39, 0.29) is 21.7 Å². The monoisotopic (exact) mass is 1820 g/mol. The summed E-state index contributed by atoms with van der Waals surface area (Å²) in [7, 11) is 0. The van der Waals surface area contributed by atoms with Crippen LogP contribution in [0.4, 0.5) is 0 Å². The molecule has 0 fully saturated rings. The second kappa shape index (κ2) is 37.4. The summed E-state index contributed by atoms with van der Waals surface area (Å²) >= 11 is 0. The maximum Gasteiger partial charge on any atom is -0.00200 e. The van der Waals surface area contributed by atoms with Gasteiger partial charge in [0, 0.05) is 0 Å². The first kappa shape index (κ1) is 90.8. The Morgan fingerprint density at radius 1 is 0.106 bits per heavy atom. The van der Waals surface area contributed by atoms with E-state index in [4.69, 9.17) is 0 Å². The molecule has 25 aromatic carbocycles. The summed E-state index contributed by atoms with van der Waals surface area (Å²) in [6.07, 6.45) is 0. The molecule has 0 aliphatic heterocycles. The van der Waals surface area contributed by atoms with E-state index in [1.54, 1.807) is 0 Å². The van der Waals surface area contributed by atoms with Crippen LogP contribution in [0, 0.1) is 0 Å². The Hall–Kier alpha value is -16.4. The molecule has 0 spiro atoms. The van der Waals surface area contributed by atoms with Crippen molar-refractivity contribution < 1.29 is 0 Å². The first-order valence-corrected chi connectivity index (χ1v) is 50.3. The molecule has 0 saturated heterocycles. The van der Waals surface area contributed by atoms with Crippen LogP contribution in [0.3, 0.4) is 0 Å². The highest BCUT2D eigenvalue weighted by molar-refractivity contribution is 6.28. The van der Waals surface area contributed by atoms with Crippen LogP contribution in [0.2, 0.25) is 0 Å². The number of fused-ring (bicyclic) bond motifs is 12. The van der Waals surface area contributed by atoms with E-state index in [0.717, 1.165) is 0 Å². The van der Waals surface area contributed by atoms with E-state index in [0.29, 0.717) is 0 Å². The van der Waals surface area contributed by atoms with Gasteiger partial charge in [0.05, 0.1) is 0 Å². The SMILES string of the molecule is CC(C)(C)c1ccc2c(-c3cccc4ccccc34)c3ccccc3c(-c3cccc4ccccc34)c2c1.CC(C)(C)c1ccc2c(-c3ccccc3)c3ccccc3c(-c3ccc4ccccc4c3)c2c1.CC(C)(C)c1ccc2c(-c3ccccc3)c3ccccc3c(-c3cccc(-c4ccccc4)c3)c2c1.CC(C)(C)c1ccc2c(-c3ccccc3)c3ccccc3c(-c3cccc4ccccc34)c2c1. The maximum atomic E-state index is 2.45. The third-order valence-corrected chi connectivity index (χ3v) is 29.2. The molecular formula is C142H116. The first-order chi connectivity index (χ1) is 69.0. The second-order valence-electron chi connectivity index (χ2n) is 42.4. The minimum Gasteiger partial charge on any atom is -0.0622 e. The van der Waals surface area contributed by atoms with E-state index >= 15 is 0 Å². The topological polar surface area (TPSA) is 0 Å². The Morgan fingerprint density at radius 2 is 0.310 bits per heavy atom. The van der Waals surface area contributed by atoms with Crippen LogP contribution in [0.15, 0.2) is 485 Å². The van der Waals surface area contributed by atoms with Gasteiger partial charge in [-0.1, -0.05) is 532 Å². The smallest absolute Gasteiger partial charge is 0.00200 e. The summed E-state index contributed by atoms with van der Waals surface area (Å²) in [6, 6.07) is 178. The van der Waals surface area contributed by atoms with Crippen LogP contribution >= 0.6 is 0 Å². The predicted molar refractivity (Wildman–Crippen MR) is 620 cm³/mol. The van der Waals surface area contributed by atoms with Gasteiger partial charge in [0.25, 0.3) is 0 Å². The quantitative estimate of drug-likeness (QED) is 0.126. The van der Waals surface area contributed by atoms with Crippen LogP contribution in [-0.2, 0) is 21.7 Å². The van der Waals surface area contributed by atoms with Crippen LogP contribution < -0.4 is 0 Å². The number of hydrogen-bond donors (Lipinski definition) is 0. The summed E-state index contributed by atoms with van der Waals surface area (Å²) in [6.45, 7) is 27.6. The number of rotatable bonds is 9. The molecule has 0 aliphatic carbocycles. The molecule has 0 radical (unpaired) electrons. The van der Waals surface area contributed by atoms with Gasteiger partial charge in [-0.3, -0.25) is 0 Å². The Balaban J connectivity index is 0.000000109. The molecule has 0 amide bonds. The fourth-order valence-electron chi connectivity index (χ4n) is 22.0. The first-order valence-electron chi connectivity index (χ1n) is 50.3. The van der Waals surface area contributed by atoms with Gasteiger partial charge < -0.3 is 0 Å². The van der Waals surface area contributed by atoms with Crippen molar-refractivity contribution in [2.45, 2.75) is 105 Å². The maximum absolute atomic E-state index is 2.45. The van der Waals surface area contributed by atoms with Crippen molar-refractivity contribution in [2.24, 2.45) is 0 Å². The van der Waals surface area contributed by atoms with Crippen molar-refractivity contribution in [1.29, 1.82) is 0 Å². The zero-order chi connectivity index (χ0) is 97.1. The second-order valence-corrected chi connectivity index (χ2v) is 42.4. The van der Waals surface area contributed by atoms with E-state index in [1.807, 2.05) is 0 Å². The molecule has 0 saturated carbocycles. The van der Waals surface area contributed by atoms with Crippen molar-refractivity contribution in [3.05, 3.63) is 508 Å². The Labute approximate surface area is 835 Å². The highest BCUT2D eigenvalue weighted by atomic mass is 14.3. The van der Waals surface area contributed by atoms with Crippen molar-refractivity contribution in [2.75, 3.05) is 0 Å². The van der Waals surface area contributed by atoms with E-state index in [2.05, 4.69) is 568 Å². The lowest BCUT2D eigenvalue weighted by Crippen LogP contribution is -2.10. The van der Waals surface area contributed by atoms with Crippen LogP contribution in [-0.4, -0.2) is 0 Å². The van der Waals surface area contributed by atoms with E-state index in [1.165, 1.54) is 252 Å². The van der Waals surface area contributed by atoms with Gasteiger partial charge in [0.1, 0.15) is 0 Å². The Morgan fingerprint density at radius 3 is 0.627 bits per heavy atom. The normalized spacial score (nSPS) is 11.9. The summed E-state index contributed by atoms with van der Waals surface area (Å²) < 4.78 is 0. The molecule has 0 bridgehead atoms. The molecule has 0 N–H and O–H groups in total. The van der Waals surface area contributed by atoms with Crippen molar-refractivity contribution in [3.8, 4) is 100 Å². The lowest BCUT2D eigenvalue weighted by Gasteiger charge is -2.23. The fraction of sp³-hybridized carbons (Fsp3) is 0.113. The fourth-order valence-corrected chi connectivity index (χ4v) is 22.0. The lowest BCUT2D eigenvalue weighted by molar-refractivity contribution is 0.591.